The minimum Gasteiger partial charge on any atom is -0.301 e. The van der Waals surface area contributed by atoms with E-state index in [0.717, 1.165) is 11.8 Å². The monoisotopic (exact) mass is 189 g/mol. The van der Waals surface area contributed by atoms with Gasteiger partial charge < -0.3 is 4.90 Å². The zero-order valence-electron chi connectivity index (χ0n) is 8.44. The average molecular weight is 190 g/mol. The minimum atomic E-state index is 0.354. The molecule has 0 aromatic rings. The summed E-state index contributed by atoms with van der Waals surface area (Å²) in [6.07, 6.45) is 3.85. The van der Waals surface area contributed by atoms with Crippen molar-refractivity contribution in [2.75, 3.05) is 19.5 Å². The molecule has 0 amide bonds. The van der Waals surface area contributed by atoms with Gasteiger partial charge in [-0.1, -0.05) is 0 Å². The van der Waals surface area contributed by atoms with Gasteiger partial charge in [0.15, 0.2) is 0 Å². The highest BCUT2D eigenvalue weighted by Gasteiger charge is 2.35. The first-order valence-corrected chi connectivity index (χ1v) is 5.39. The van der Waals surface area contributed by atoms with Crippen molar-refractivity contribution in [2.24, 2.45) is 5.92 Å². The lowest BCUT2D eigenvalue weighted by molar-refractivity contribution is 0.0437. The van der Waals surface area contributed by atoms with Gasteiger partial charge in [0.25, 0.3) is 0 Å². The molecule has 1 aliphatic heterocycles. The number of halogens is 1. The fourth-order valence-corrected chi connectivity index (χ4v) is 2.42. The number of nitrogens with zero attached hydrogens (tertiary/aromatic N) is 1. The van der Waals surface area contributed by atoms with Crippen LogP contribution in [0.3, 0.4) is 0 Å². The Kier molecular flexibility index (Phi) is 3.42. The normalized spacial score (nSPS) is 30.5. The van der Waals surface area contributed by atoms with E-state index in [1.165, 1.54) is 25.8 Å². The maximum absolute atomic E-state index is 5.79. The van der Waals surface area contributed by atoms with Crippen molar-refractivity contribution in [1.82, 2.24) is 4.90 Å². The number of rotatable bonds is 2. The molecule has 0 bridgehead atoms. The molecule has 0 saturated carbocycles. The number of hydrogen-bond donors (Lipinski definition) is 0. The first-order chi connectivity index (χ1) is 5.59. The number of likely N-dealkylation sites (tertiary alicyclic amines) is 1. The second kappa shape index (κ2) is 3.97. The zero-order chi connectivity index (χ0) is 9.19. The second-order valence-corrected chi connectivity index (χ2v) is 4.77. The molecule has 0 aromatic carbocycles. The molecular weight excluding hydrogens is 170 g/mol. The van der Waals surface area contributed by atoms with Gasteiger partial charge in [-0.25, -0.2) is 0 Å². The van der Waals surface area contributed by atoms with Crippen LogP contribution in [-0.4, -0.2) is 29.9 Å². The third-order valence-electron chi connectivity index (χ3n) is 3.49. The largest absolute Gasteiger partial charge is 0.301 e. The topological polar surface area (TPSA) is 3.24 Å². The van der Waals surface area contributed by atoms with E-state index in [1.807, 2.05) is 0 Å². The third kappa shape index (κ3) is 1.94. The molecule has 0 radical (unpaired) electrons. The van der Waals surface area contributed by atoms with Gasteiger partial charge in [0.1, 0.15) is 0 Å². The first kappa shape index (κ1) is 10.3. The molecule has 0 aromatic heterocycles. The Labute approximate surface area is 81.1 Å². The van der Waals surface area contributed by atoms with Crippen molar-refractivity contribution < 1.29 is 0 Å². The van der Waals surface area contributed by atoms with Crippen LogP contribution in [0.2, 0.25) is 0 Å². The molecule has 0 N–H and O–H groups in total. The molecule has 1 fully saturated rings. The fraction of sp³-hybridized carbons (Fsp3) is 1.00. The van der Waals surface area contributed by atoms with Crippen molar-refractivity contribution in [3.8, 4) is 0 Å². The highest BCUT2D eigenvalue weighted by molar-refractivity contribution is 6.17. The zero-order valence-corrected chi connectivity index (χ0v) is 9.19. The summed E-state index contributed by atoms with van der Waals surface area (Å²) < 4.78 is 0. The lowest BCUT2D eigenvalue weighted by atomic mass is 9.78. The van der Waals surface area contributed by atoms with Crippen LogP contribution >= 0.6 is 11.6 Å². The molecule has 1 nitrogen and oxygen atoms in total. The van der Waals surface area contributed by atoms with Crippen LogP contribution in [0.15, 0.2) is 0 Å². The molecule has 72 valence electrons. The molecule has 0 aliphatic carbocycles. The molecule has 1 aliphatic rings. The molecule has 1 atom stereocenters. The van der Waals surface area contributed by atoms with Crippen LogP contribution in [0, 0.1) is 5.92 Å². The maximum Gasteiger partial charge on any atom is 0.0226 e. The minimum absolute atomic E-state index is 0.354. The summed E-state index contributed by atoms with van der Waals surface area (Å²) >= 11 is 5.79. The summed E-state index contributed by atoms with van der Waals surface area (Å²) in [7, 11) is 2.22. The molecule has 1 unspecified atom stereocenters. The van der Waals surface area contributed by atoms with E-state index in [0.29, 0.717) is 5.54 Å². The van der Waals surface area contributed by atoms with Gasteiger partial charge in [0.2, 0.25) is 0 Å². The van der Waals surface area contributed by atoms with Crippen molar-refractivity contribution in [3.05, 3.63) is 0 Å². The van der Waals surface area contributed by atoms with Crippen molar-refractivity contribution in [3.63, 3.8) is 0 Å². The van der Waals surface area contributed by atoms with Crippen molar-refractivity contribution in [1.29, 1.82) is 0 Å². The molecule has 1 rings (SSSR count). The maximum atomic E-state index is 5.79. The highest BCUT2D eigenvalue weighted by Crippen LogP contribution is 2.34. The number of hydrogen-bond acceptors (Lipinski definition) is 1. The van der Waals surface area contributed by atoms with Gasteiger partial charge in [0, 0.05) is 11.4 Å². The van der Waals surface area contributed by atoms with Gasteiger partial charge in [0.05, 0.1) is 0 Å². The summed E-state index contributed by atoms with van der Waals surface area (Å²) in [4.78, 5) is 2.47. The van der Waals surface area contributed by atoms with Crippen molar-refractivity contribution >= 4 is 11.6 Å². The standard InChI is InChI=1S/C10H20ClN/c1-10(2)9(6-7-11)5-4-8-12(10)3/h9H,4-8H2,1-3H3. The Hall–Kier alpha value is 0.250. The van der Waals surface area contributed by atoms with E-state index in [1.54, 1.807) is 0 Å². The van der Waals surface area contributed by atoms with Crippen LogP contribution < -0.4 is 0 Å². The first-order valence-electron chi connectivity index (χ1n) is 4.86. The Morgan fingerprint density at radius 3 is 2.75 bits per heavy atom. The van der Waals surface area contributed by atoms with Gasteiger partial charge in [-0.05, 0) is 52.6 Å². The summed E-state index contributed by atoms with van der Waals surface area (Å²) in [6, 6.07) is 0. The van der Waals surface area contributed by atoms with E-state index in [-0.39, 0.29) is 0 Å². The Morgan fingerprint density at radius 2 is 2.17 bits per heavy atom. The smallest absolute Gasteiger partial charge is 0.0226 e. The summed E-state index contributed by atoms with van der Waals surface area (Å²) in [5.41, 5.74) is 0.354. The quantitative estimate of drug-likeness (QED) is 0.604. The average Bonchev–Trinajstić information content (AvgIpc) is 2.00. The van der Waals surface area contributed by atoms with Crippen molar-refractivity contribution in [2.45, 2.75) is 38.6 Å². The van der Waals surface area contributed by atoms with Gasteiger partial charge in [-0.15, -0.1) is 11.6 Å². The Morgan fingerprint density at radius 1 is 1.50 bits per heavy atom. The number of alkyl halides is 1. The van der Waals surface area contributed by atoms with Crippen LogP contribution in [0.1, 0.15) is 33.1 Å². The molecule has 12 heavy (non-hydrogen) atoms. The second-order valence-electron chi connectivity index (χ2n) is 4.39. The van der Waals surface area contributed by atoms with E-state index in [2.05, 4.69) is 25.8 Å². The summed E-state index contributed by atoms with van der Waals surface area (Å²) in [5, 5.41) is 0. The van der Waals surface area contributed by atoms with E-state index < -0.39 is 0 Å². The third-order valence-corrected chi connectivity index (χ3v) is 3.70. The van der Waals surface area contributed by atoms with E-state index in [9.17, 15) is 0 Å². The Balaban J connectivity index is 2.59. The molecule has 1 heterocycles. The summed E-state index contributed by atoms with van der Waals surface area (Å²) in [5.74, 6) is 1.59. The van der Waals surface area contributed by atoms with Crippen LogP contribution in [0.25, 0.3) is 0 Å². The molecule has 1 saturated heterocycles. The van der Waals surface area contributed by atoms with Crippen LogP contribution in [0.4, 0.5) is 0 Å². The lowest BCUT2D eigenvalue weighted by Crippen LogP contribution is -2.51. The Bertz CT molecular complexity index is 143. The van der Waals surface area contributed by atoms with Crippen LogP contribution in [0.5, 0.6) is 0 Å². The summed E-state index contributed by atoms with van der Waals surface area (Å²) in [6.45, 7) is 5.92. The van der Waals surface area contributed by atoms with Gasteiger partial charge >= 0.3 is 0 Å². The predicted molar refractivity (Wildman–Crippen MR) is 54.8 cm³/mol. The van der Waals surface area contributed by atoms with Gasteiger partial charge in [-0.3, -0.25) is 0 Å². The van der Waals surface area contributed by atoms with E-state index >= 15 is 0 Å². The SMILES string of the molecule is CN1CCCC(CCCl)C1(C)C. The lowest BCUT2D eigenvalue weighted by Gasteiger charge is -2.46. The van der Waals surface area contributed by atoms with E-state index in [4.69, 9.17) is 11.6 Å². The van der Waals surface area contributed by atoms with Gasteiger partial charge in [-0.2, -0.15) is 0 Å². The fourth-order valence-electron chi connectivity index (χ4n) is 2.16. The molecule has 2 heteroatoms. The van der Waals surface area contributed by atoms with Crippen LogP contribution in [-0.2, 0) is 0 Å². The number of piperidine rings is 1. The predicted octanol–water partition coefficient (Wildman–Crippen LogP) is 2.74. The molecular formula is C10H20ClN. The highest BCUT2D eigenvalue weighted by atomic mass is 35.5. The molecule has 0 spiro atoms.